The highest BCUT2D eigenvalue weighted by Gasteiger charge is 2.40. The van der Waals surface area contributed by atoms with Gasteiger partial charge in [-0.25, -0.2) is 13.5 Å². The van der Waals surface area contributed by atoms with Gasteiger partial charge in [0.15, 0.2) is 0 Å². The highest BCUT2D eigenvalue weighted by atomic mass is 32.2. The molecule has 0 radical (unpaired) electrons. The fraction of sp³-hybridized carbons (Fsp3) is 0.444. The molecule has 5 rings (SSSR count). The molecule has 2 N–H and O–H groups in total. The Hall–Kier alpha value is -3.39. The molecular formula is C36H44N4O4S. The molecule has 1 saturated heterocycles. The molecule has 2 aliphatic heterocycles. The largest absolute Gasteiger partial charge is 0.396 e. The molecule has 0 saturated carbocycles. The monoisotopic (exact) mass is 628 g/mol. The van der Waals surface area contributed by atoms with Gasteiger partial charge in [0, 0.05) is 62.6 Å². The number of carbonyl (C=O) groups excluding carboxylic acids is 1. The molecule has 9 heteroatoms. The summed E-state index contributed by atoms with van der Waals surface area (Å²) in [6, 6.07) is 19.5. The van der Waals surface area contributed by atoms with Gasteiger partial charge in [-0.15, -0.1) is 0 Å². The Morgan fingerprint density at radius 3 is 2.36 bits per heavy atom. The van der Waals surface area contributed by atoms with E-state index in [9.17, 15) is 19.2 Å². The second kappa shape index (κ2) is 13.5. The maximum Gasteiger partial charge on any atom is 0.272 e. The quantitative estimate of drug-likeness (QED) is 0.374. The summed E-state index contributed by atoms with van der Waals surface area (Å²) in [6.07, 6.45) is 0.387. The molecule has 0 bridgehead atoms. The van der Waals surface area contributed by atoms with Gasteiger partial charge in [0.2, 0.25) is 0 Å². The minimum absolute atomic E-state index is 0.0770. The number of benzene rings is 2. The molecule has 2 aromatic carbocycles. The van der Waals surface area contributed by atoms with E-state index in [-0.39, 0.29) is 18.6 Å². The van der Waals surface area contributed by atoms with Gasteiger partial charge in [-0.05, 0) is 70.4 Å². The van der Waals surface area contributed by atoms with Gasteiger partial charge in [-0.2, -0.15) is 0 Å². The number of hydrogen-bond donors (Lipinski definition) is 2. The number of aromatic nitrogens is 1. The number of carbonyl (C=O) groups is 1. The highest BCUT2D eigenvalue weighted by Crippen LogP contribution is 2.44. The first kappa shape index (κ1) is 33.0. The second-order valence-corrected chi connectivity index (χ2v) is 15.5. The number of aliphatic hydroxyl groups is 2. The summed E-state index contributed by atoms with van der Waals surface area (Å²) in [6.45, 7) is 13.0. The minimum atomic E-state index is -1.35. The molecule has 1 fully saturated rings. The highest BCUT2D eigenvalue weighted by molar-refractivity contribution is 7.84. The summed E-state index contributed by atoms with van der Waals surface area (Å²) >= 11 is 0. The van der Waals surface area contributed by atoms with Gasteiger partial charge in [0.1, 0.15) is 22.3 Å². The fourth-order valence-corrected chi connectivity index (χ4v) is 7.28. The van der Waals surface area contributed by atoms with Gasteiger partial charge in [0.05, 0.1) is 16.5 Å². The van der Waals surface area contributed by atoms with E-state index in [0.717, 1.165) is 36.3 Å². The van der Waals surface area contributed by atoms with E-state index in [2.05, 4.69) is 28.9 Å². The molecule has 0 aliphatic carbocycles. The molecule has 0 spiro atoms. The van der Waals surface area contributed by atoms with Crippen molar-refractivity contribution in [2.24, 2.45) is 0 Å². The van der Waals surface area contributed by atoms with Crippen molar-refractivity contribution < 1.29 is 19.2 Å². The Morgan fingerprint density at radius 2 is 1.71 bits per heavy atom. The van der Waals surface area contributed by atoms with Gasteiger partial charge in [-0.1, -0.05) is 54.3 Å². The van der Waals surface area contributed by atoms with Crippen LogP contribution in [0, 0.1) is 11.8 Å². The van der Waals surface area contributed by atoms with Gasteiger partial charge in [-0.3, -0.25) is 9.69 Å². The maximum absolute atomic E-state index is 14.0. The van der Waals surface area contributed by atoms with Crippen LogP contribution in [0.2, 0.25) is 0 Å². The molecule has 8 nitrogen and oxygen atoms in total. The lowest BCUT2D eigenvalue weighted by Gasteiger charge is -2.34. The minimum Gasteiger partial charge on any atom is -0.396 e. The molecular weight excluding hydrogens is 584 g/mol. The molecule has 2 aliphatic rings. The number of pyridine rings is 1. The van der Waals surface area contributed by atoms with Crippen LogP contribution in [0.1, 0.15) is 79.8 Å². The predicted molar refractivity (Wildman–Crippen MR) is 178 cm³/mol. The van der Waals surface area contributed by atoms with Crippen LogP contribution in [0.15, 0.2) is 60.7 Å². The van der Waals surface area contributed by atoms with Crippen molar-refractivity contribution >= 4 is 16.9 Å². The zero-order chi connectivity index (χ0) is 32.4. The number of rotatable bonds is 7. The predicted octanol–water partition coefficient (Wildman–Crippen LogP) is 4.53. The molecule has 45 heavy (non-hydrogen) atoms. The number of fused-ring (bicyclic) bond motifs is 1. The van der Waals surface area contributed by atoms with E-state index in [4.69, 9.17) is 4.98 Å². The van der Waals surface area contributed by atoms with E-state index >= 15 is 0 Å². The first-order valence-electron chi connectivity index (χ1n) is 15.6. The number of aliphatic hydroxyl groups excluding tert-OH is 1. The third kappa shape index (κ3) is 7.89. The van der Waals surface area contributed by atoms with Gasteiger partial charge in [0.25, 0.3) is 5.91 Å². The third-order valence-corrected chi connectivity index (χ3v) is 9.92. The SMILES string of the molecule is CC(C)(O)C#Cc1cccc(-c2nc(C(=O)N3CCN(Cc4ccccc4)CC3)cc3c2[C@@H](CCO)N([S@](=O)C(C)(C)C)C3)c1. The summed E-state index contributed by atoms with van der Waals surface area (Å²) in [7, 11) is -1.35. The number of hydrogen-bond acceptors (Lipinski definition) is 6. The van der Waals surface area contributed by atoms with Crippen molar-refractivity contribution in [2.75, 3.05) is 32.8 Å². The van der Waals surface area contributed by atoms with Crippen LogP contribution >= 0.6 is 0 Å². The van der Waals surface area contributed by atoms with Crippen LogP contribution in [0.25, 0.3) is 11.3 Å². The summed E-state index contributed by atoms with van der Waals surface area (Å²) in [5, 5.41) is 20.2. The first-order chi connectivity index (χ1) is 21.3. The molecule has 238 valence electrons. The van der Waals surface area contributed by atoms with Crippen LogP contribution in [-0.4, -0.2) is 82.6 Å². The van der Waals surface area contributed by atoms with Gasteiger partial charge < -0.3 is 15.1 Å². The topological polar surface area (TPSA) is 97.2 Å². The van der Waals surface area contributed by atoms with Crippen LogP contribution in [-0.2, 0) is 24.1 Å². The Labute approximate surface area is 269 Å². The Kier molecular flexibility index (Phi) is 9.92. The van der Waals surface area contributed by atoms with Crippen molar-refractivity contribution in [3.8, 4) is 23.1 Å². The molecule has 3 aromatic rings. The van der Waals surface area contributed by atoms with E-state index in [1.807, 2.05) is 78.5 Å². The molecule has 1 aromatic heterocycles. The lowest BCUT2D eigenvalue weighted by Crippen LogP contribution is -2.48. The van der Waals surface area contributed by atoms with Crippen molar-refractivity contribution in [1.29, 1.82) is 0 Å². The lowest BCUT2D eigenvalue weighted by molar-refractivity contribution is 0.0622. The Morgan fingerprint density at radius 1 is 1.00 bits per heavy atom. The fourth-order valence-electron chi connectivity index (χ4n) is 5.88. The van der Waals surface area contributed by atoms with Crippen LogP contribution in [0.3, 0.4) is 0 Å². The normalized spacial score (nSPS) is 18.3. The van der Waals surface area contributed by atoms with Gasteiger partial charge >= 0.3 is 0 Å². The lowest BCUT2D eigenvalue weighted by atomic mass is 9.95. The molecule has 2 atom stereocenters. The van der Waals surface area contributed by atoms with Crippen molar-refractivity contribution in [2.45, 2.75) is 70.5 Å². The summed E-state index contributed by atoms with van der Waals surface area (Å²) in [5.74, 6) is 5.80. The van der Waals surface area contributed by atoms with Crippen molar-refractivity contribution in [3.05, 3.63) is 88.6 Å². The smallest absolute Gasteiger partial charge is 0.272 e. The van der Waals surface area contributed by atoms with E-state index in [0.29, 0.717) is 43.0 Å². The Bertz CT molecular complexity index is 1610. The maximum atomic E-state index is 14.0. The van der Waals surface area contributed by atoms with Crippen LogP contribution < -0.4 is 0 Å². The van der Waals surface area contributed by atoms with E-state index in [1.54, 1.807) is 13.8 Å². The molecule has 1 amide bonds. The summed E-state index contributed by atoms with van der Waals surface area (Å²) in [4.78, 5) is 23.2. The number of nitrogens with zero attached hydrogens (tertiary/aromatic N) is 4. The summed E-state index contributed by atoms with van der Waals surface area (Å²) in [5.41, 5.74) is 4.39. The second-order valence-electron chi connectivity index (χ2n) is 13.3. The zero-order valence-electron chi connectivity index (χ0n) is 26.9. The molecule has 0 unspecified atom stereocenters. The third-order valence-electron chi connectivity index (χ3n) is 8.07. The van der Waals surface area contributed by atoms with Crippen LogP contribution in [0.5, 0.6) is 0 Å². The first-order valence-corrected chi connectivity index (χ1v) is 16.7. The Balaban J connectivity index is 1.51. The molecule has 3 heterocycles. The average Bonchev–Trinajstić information content (AvgIpc) is 3.37. The van der Waals surface area contributed by atoms with Crippen molar-refractivity contribution in [3.63, 3.8) is 0 Å². The standard InChI is InChI=1S/C36H44N4O4S/c1-35(2,3)45(44)40-25-29-23-30(34(42)39-19-17-38(18-20-39)24-27-10-7-6-8-11-27)37-33(32(29)31(40)15-21-41)28-13-9-12-26(22-28)14-16-36(4,5)43/h6-13,22-23,31,41,43H,15,17-21,24-25H2,1-5H3/t31-,45-/m1/s1. The average molecular weight is 629 g/mol. The van der Waals surface area contributed by atoms with Crippen LogP contribution in [0.4, 0.5) is 0 Å². The van der Waals surface area contributed by atoms with E-state index in [1.165, 1.54) is 5.56 Å². The summed E-state index contributed by atoms with van der Waals surface area (Å²) < 4.78 is 15.2. The zero-order valence-corrected chi connectivity index (χ0v) is 27.7. The number of piperazine rings is 1. The van der Waals surface area contributed by atoms with Crippen molar-refractivity contribution in [1.82, 2.24) is 19.1 Å². The number of amides is 1. The van der Waals surface area contributed by atoms with E-state index < -0.39 is 21.3 Å².